The maximum Gasteiger partial charge on any atom is 0.159 e. The quantitative estimate of drug-likeness (QED) is 0.367. The fraction of sp³-hybridized carbons (Fsp3) is 1.00. The molecule has 0 radical (unpaired) electrons. The maximum atomic E-state index is 2.73. The van der Waals surface area contributed by atoms with Gasteiger partial charge in [0.15, 0.2) is 19.7 Å². The third kappa shape index (κ3) is 2.64. The third-order valence-corrected chi connectivity index (χ3v) is 7.29. The second kappa shape index (κ2) is 3.79. The van der Waals surface area contributed by atoms with Gasteiger partial charge in [-0.1, -0.05) is 0 Å². The number of hydrogen-bond donors (Lipinski definition) is 0. The summed E-state index contributed by atoms with van der Waals surface area (Å²) in [6.07, 6.45) is 0. The summed E-state index contributed by atoms with van der Waals surface area (Å²) >= 11 is 0. The highest BCUT2D eigenvalue weighted by atomic mass is 28.3. The van der Waals surface area contributed by atoms with Crippen LogP contribution < -0.4 is 0 Å². The van der Waals surface area contributed by atoms with Crippen LogP contribution in [0.3, 0.4) is 0 Å². The van der Waals surface area contributed by atoms with Crippen molar-refractivity contribution < 1.29 is 0 Å². The van der Waals surface area contributed by atoms with E-state index >= 15 is 0 Å². The largest absolute Gasteiger partial charge is 0.361 e. The van der Waals surface area contributed by atoms with Gasteiger partial charge in [0, 0.05) is 13.1 Å². The number of nitrogens with zero attached hydrogens (tertiary/aromatic N) is 3. The molecule has 0 saturated carbocycles. The summed E-state index contributed by atoms with van der Waals surface area (Å²) in [4.78, 5) is 0. The molecular formula is C4H17N3Si3. The second-order valence-corrected chi connectivity index (χ2v) is 12.9. The molecule has 0 aromatic rings. The average molecular weight is 191 g/mol. The van der Waals surface area contributed by atoms with E-state index in [4.69, 9.17) is 0 Å². The summed E-state index contributed by atoms with van der Waals surface area (Å²) < 4.78 is 7.82. The van der Waals surface area contributed by atoms with Crippen molar-refractivity contribution in [1.82, 2.24) is 13.0 Å². The molecule has 1 fully saturated rings. The van der Waals surface area contributed by atoms with Crippen LogP contribution in [0, 0.1) is 0 Å². The summed E-state index contributed by atoms with van der Waals surface area (Å²) in [5.74, 6) is 0. The zero-order chi connectivity index (χ0) is 7.56. The lowest BCUT2D eigenvalue weighted by molar-refractivity contribution is 0.450. The van der Waals surface area contributed by atoms with Crippen molar-refractivity contribution in [3.63, 3.8) is 0 Å². The fourth-order valence-electron chi connectivity index (χ4n) is 1.35. The molecule has 60 valence electrons. The topological polar surface area (TPSA) is 9.72 Å². The molecular weight excluding hydrogens is 174 g/mol. The Labute approximate surface area is 70.8 Å². The minimum absolute atomic E-state index is 0.0392. The molecule has 6 heteroatoms. The van der Waals surface area contributed by atoms with E-state index in [-0.39, 0.29) is 19.7 Å². The lowest BCUT2D eigenvalue weighted by Crippen LogP contribution is -2.40. The molecule has 1 saturated heterocycles. The first kappa shape index (κ1) is 8.63. The number of likely N-dealkylation sites (N-methyl/N-ethyl adjacent to an activating group) is 2. The van der Waals surface area contributed by atoms with Gasteiger partial charge in [-0.3, -0.25) is 0 Å². The standard InChI is InChI=1S/C4H17N3Si3/c1-5-3-4-6(2)10-7(8)9-5/h3-4,9-10H2,1-2,8H3. The number of rotatable bonds is 0. The molecule has 10 heavy (non-hydrogen) atoms. The molecule has 0 atom stereocenters. The van der Waals surface area contributed by atoms with Crippen LogP contribution in [-0.4, -0.2) is 70.3 Å². The van der Waals surface area contributed by atoms with Gasteiger partial charge in [0.05, 0.1) is 10.4 Å². The molecule has 0 aromatic carbocycles. The van der Waals surface area contributed by atoms with Gasteiger partial charge in [0.25, 0.3) is 0 Å². The van der Waals surface area contributed by atoms with Crippen LogP contribution in [0.25, 0.3) is 0 Å². The van der Waals surface area contributed by atoms with E-state index in [2.05, 4.69) is 27.1 Å². The van der Waals surface area contributed by atoms with E-state index in [0.717, 1.165) is 0 Å². The van der Waals surface area contributed by atoms with E-state index in [1.54, 1.807) is 0 Å². The van der Waals surface area contributed by atoms with Gasteiger partial charge in [-0.2, -0.15) is 0 Å². The van der Waals surface area contributed by atoms with Crippen LogP contribution in [0.1, 0.15) is 0 Å². The van der Waals surface area contributed by atoms with Crippen molar-refractivity contribution in [2.45, 2.75) is 0 Å². The Morgan fingerprint density at radius 1 is 1.10 bits per heavy atom. The predicted molar refractivity (Wildman–Crippen MR) is 54.1 cm³/mol. The lowest BCUT2D eigenvalue weighted by atomic mass is 10.6. The molecule has 3 nitrogen and oxygen atoms in total. The van der Waals surface area contributed by atoms with Crippen molar-refractivity contribution in [2.75, 3.05) is 27.2 Å². The molecule has 1 rings (SSSR count). The Kier molecular flexibility index (Phi) is 3.27. The van der Waals surface area contributed by atoms with E-state index in [9.17, 15) is 0 Å². The van der Waals surface area contributed by atoms with Crippen molar-refractivity contribution in [2.24, 2.45) is 0 Å². The molecule has 1 aliphatic heterocycles. The SMILES string of the molecule is CN1CCN(C)[SiH2]N([SiH3])[SiH2]1. The number of hydrogen-bond acceptors (Lipinski definition) is 3. The molecule has 0 aromatic heterocycles. The van der Waals surface area contributed by atoms with E-state index < -0.39 is 0 Å². The Morgan fingerprint density at radius 3 is 1.90 bits per heavy atom. The van der Waals surface area contributed by atoms with E-state index in [0.29, 0.717) is 0 Å². The smallest absolute Gasteiger partial charge is 0.159 e. The molecule has 0 aliphatic carbocycles. The van der Waals surface area contributed by atoms with Crippen LogP contribution in [0.5, 0.6) is 0 Å². The van der Waals surface area contributed by atoms with Crippen LogP contribution in [-0.2, 0) is 0 Å². The average Bonchev–Trinajstić information content (AvgIpc) is 1.93. The maximum absolute atomic E-state index is 2.73. The Bertz CT molecular complexity index is 99.9. The van der Waals surface area contributed by atoms with Crippen molar-refractivity contribution in [3.8, 4) is 0 Å². The monoisotopic (exact) mass is 191 g/mol. The lowest BCUT2D eigenvalue weighted by Gasteiger charge is -2.19. The van der Waals surface area contributed by atoms with E-state index in [1.807, 2.05) is 0 Å². The molecule has 0 amide bonds. The summed E-state index contributed by atoms with van der Waals surface area (Å²) in [5.41, 5.74) is 0. The highest BCUT2D eigenvalue weighted by Crippen LogP contribution is 1.91. The zero-order valence-corrected chi connectivity index (χ0v) is 12.0. The highest BCUT2D eigenvalue weighted by molar-refractivity contribution is 6.57. The fourth-order valence-corrected chi connectivity index (χ4v) is 8.87. The van der Waals surface area contributed by atoms with Crippen molar-refractivity contribution in [1.29, 1.82) is 0 Å². The van der Waals surface area contributed by atoms with Crippen LogP contribution in [0.4, 0.5) is 0 Å². The van der Waals surface area contributed by atoms with Crippen molar-refractivity contribution >= 4 is 30.1 Å². The van der Waals surface area contributed by atoms with Gasteiger partial charge in [-0.05, 0) is 14.1 Å². The summed E-state index contributed by atoms with van der Waals surface area (Å²) in [5, 5.41) is 0. The molecule has 0 bridgehead atoms. The van der Waals surface area contributed by atoms with Gasteiger partial charge >= 0.3 is 0 Å². The molecule has 1 aliphatic rings. The molecule has 0 spiro atoms. The Hall–Kier alpha value is 0.531. The Morgan fingerprint density at radius 2 is 1.50 bits per heavy atom. The van der Waals surface area contributed by atoms with Gasteiger partial charge in [-0.15, -0.1) is 0 Å². The minimum atomic E-state index is 0.0392. The first-order chi connectivity index (χ1) is 4.68. The highest BCUT2D eigenvalue weighted by Gasteiger charge is 2.12. The summed E-state index contributed by atoms with van der Waals surface area (Å²) in [6.45, 7) is 2.60. The zero-order valence-electron chi connectivity index (χ0n) is 7.17. The first-order valence-corrected chi connectivity index (χ1v) is 7.16. The van der Waals surface area contributed by atoms with E-state index in [1.165, 1.54) is 23.5 Å². The molecule has 1 heterocycles. The summed E-state index contributed by atoms with van der Waals surface area (Å²) in [6, 6.07) is 0. The summed E-state index contributed by atoms with van der Waals surface area (Å²) in [7, 11) is 5.91. The Balaban J connectivity index is 2.38. The van der Waals surface area contributed by atoms with Crippen LogP contribution >= 0.6 is 0 Å². The molecule has 0 N–H and O–H groups in total. The van der Waals surface area contributed by atoms with Gasteiger partial charge in [0.1, 0.15) is 0 Å². The van der Waals surface area contributed by atoms with Gasteiger partial charge in [-0.25, -0.2) is 0 Å². The van der Waals surface area contributed by atoms with Crippen LogP contribution in [0.15, 0.2) is 0 Å². The van der Waals surface area contributed by atoms with Gasteiger partial charge < -0.3 is 13.0 Å². The normalized spacial score (nSPS) is 31.8. The van der Waals surface area contributed by atoms with Crippen LogP contribution in [0.2, 0.25) is 0 Å². The molecule has 0 unspecified atom stereocenters. The van der Waals surface area contributed by atoms with Crippen molar-refractivity contribution in [3.05, 3.63) is 0 Å². The minimum Gasteiger partial charge on any atom is -0.361 e. The first-order valence-electron chi connectivity index (χ1n) is 3.74. The predicted octanol–water partition coefficient (Wildman–Crippen LogP) is -3.56. The van der Waals surface area contributed by atoms with Gasteiger partial charge in [0.2, 0.25) is 0 Å². The second-order valence-electron chi connectivity index (χ2n) is 3.30. The third-order valence-electron chi connectivity index (χ3n) is 1.83.